The van der Waals surface area contributed by atoms with Crippen molar-refractivity contribution in [1.82, 2.24) is 10.3 Å². The van der Waals surface area contributed by atoms with Gasteiger partial charge >= 0.3 is 6.09 Å². The van der Waals surface area contributed by atoms with E-state index in [9.17, 15) is 19.1 Å². The molecule has 1 aliphatic heterocycles. The molecular formula is C21H24FN3O4. The summed E-state index contributed by atoms with van der Waals surface area (Å²) in [6.07, 6.45) is -0.835. The zero-order valence-electron chi connectivity index (χ0n) is 16.8. The normalized spacial score (nSPS) is 16.0. The zero-order chi connectivity index (χ0) is 21.3. The Hall–Kier alpha value is -3.16. The highest BCUT2D eigenvalue weighted by atomic mass is 19.1. The van der Waals surface area contributed by atoms with E-state index in [1.54, 1.807) is 25.1 Å². The molecule has 0 aliphatic carbocycles. The molecule has 2 aromatic rings. The van der Waals surface area contributed by atoms with Crippen LogP contribution >= 0.6 is 0 Å². The average Bonchev–Trinajstić information content (AvgIpc) is 2.61. The molecule has 2 N–H and O–H groups in total. The van der Waals surface area contributed by atoms with Crippen molar-refractivity contribution in [3.8, 4) is 5.88 Å². The van der Waals surface area contributed by atoms with E-state index in [-0.39, 0.29) is 36.3 Å². The van der Waals surface area contributed by atoms with Crippen LogP contribution in [0.5, 0.6) is 5.88 Å². The second kappa shape index (κ2) is 7.69. The van der Waals surface area contributed by atoms with Crippen molar-refractivity contribution < 1.29 is 23.8 Å². The van der Waals surface area contributed by atoms with E-state index < -0.39 is 17.7 Å². The third kappa shape index (κ3) is 4.64. The number of carbonyl (C=O) groups excluding carboxylic acids is 1. The summed E-state index contributed by atoms with van der Waals surface area (Å²) in [7, 11) is 0. The number of ether oxygens (including phenoxy) is 1. The molecule has 1 unspecified atom stereocenters. The van der Waals surface area contributed by atoms with Crippen molar-refractivity contribution in [3.63, 3.8) is 0 Å². The Morgan fingerprint density at radius 1 is 1.31 bits per heavy atom. The minimum Gasteiger partial charge on any atom is -0.474 e. The van der Waals surface area contributed by atoms with E-state index in [1.807, 2.05) is 20.8 Å². The third-order valence-corrected chi connectivity index (χ3v) is 4.43. The molecule has 0 saturated heterocycles. The number of nitrogens with one attached hydrogen (secondary N) is 1. The summed E-state index contributed by atoms with van der Waals surface area (Å²) in [6.45, 7) is 7.44. The van der Waals surface area contributed by atoms with Crippen LogP contribution in [0.4, 0.5) is 14.9 Å². The third-order valence-electron chi connectivity index (χ3n) is 4.43. The summed E-state index contributed by atoms with van der Waals surface area (Å²) in [4.78, 5) is 30.2. The lowest BCUT2D eigenvalue weighted by atomic mass is 10.0. The SMILES string of the molecule is CC1COc2nc(C(=O)NC(C)(C)C)c(Cc3ccc(F)cc3)cc2N1C(=O)O. The molecule has 154 valence electrons. The van der Waals surface area contributed by atoms with E-state index >= 15 is 0 Å². The fourth-order valence-corrected chi connectivity index (χ4v) is 3.16. The summed E-state index contributed by atoms with van der Waals surface area (Å²) in [5.41, 5.74) is 1.26. The fraction of sp³-hybridized carbons (Fsp3) is 0.381. The minimum absolute atomic E-state index is 0.104. The van der Waals surface area contributed by atoms with Crippen LogP contribution in [0.1, 0.15) is 49.3 Å². The van der Waals surface area contributed by atoms with Gasteiger partial charge in [-0.1, -0.05) is 12.1 Å². The first-order valence-corrected chi connectivity index (χ1v) is 9.31. The summed E-state index contributed by atoms with van der Waals surface area (Å²) in [5, 5.41) is 12.5. The average molecular weight is 401 g/mol. The molecular weight excluding hydrogens is 377 g/mol. The van der Waals surface area contributed by atoms with Gasteiger partial charge in [-0.2, -0.15) is 0 Å². The van der Waals surface area contributed by atoms with E-state index in [1.165, 1.54) is 17.0 Å². The summed E-state index contributed by atoms with van der Waals surface area (Å²) in [6, 6.07) is 7.14. The van der Waals surface area contributed by atoms with Crippen LogP contribution in [-0.4, -0.2) is 40.3 Å². The van der Waals surface area contributed by atoms with Crippen molar-refractivity contribution in [3.05, 3.63) is 53.0 Å². The smallest absolute Gasteiger partial charge is 0.412 e. The second-order valence-electron chi connectivity index (χ2n) is 8.14. The van der Waals surface area contributed by atoms with Crippen molar-refractivity contribution >= 4 is 17.7 Å². The summed E-state index contributed by atoms with van der Waals surface area (Å²) < 4.78 is 18.9. The largest absolute Gasteiger partial charge is 0.474 e. The van der Waals surface area contributed by atoms with Crippen LogP contribution < -0.4 is 15.0 Å². The van der Waals surface area contributed by atoms with Crippen LogP contribution in [0.25, 0.3) is 0 Å². The first kappa shape index (κ1) is 20.6. The van der Waals surface area contributed by atoms with Gasteiger partial charge in [0.25, 0.3) is 5.91 Å². The molecule has 29 heavy (non-hydrogen) atoms. The molecule has 2 heterocycles. The number of fused-ring (bicyclic) bond motifs is 1. The highest BCUT2D eigenvalue weighted by molar-refractivity contribution is 5.96. The molecule has 0 saturated carbocycles. The maximum Gasteiger partial charge on any atom is 0.412 e. The molecule has 3 rings (SSSR count). The number of nitrogens with zero attached hydrogens (tertiary/aromatic N) is 2. The molecule has 8 heteroatoms. The van der Waals surface area contributed by atoms with Crippen LogP contribution in [0.15, 0.2) is 30.3 Å². The molecule has 0 radical (unpaired) electrons. The Bertz CT molecular complexity index is 938. The Balaban J connectivity index is 2.09. The fourth-order valence-electron chi connectivity index (χ4n) is 3.16. The minimum atomic E-state index is -1.12. The number of carboxylic acid groups (broad SMARTS) is 1. The van der Waals surface area contributed by atoms with Crippen LogP contribution in [-0.2, 0) is 6.42 Å². The van der Waals surface area contributed by atoms with Gasteiger partial charge in [0, 0.05) is 5.54 Å². The highest BCUT2D eigenvalue weighted by Gasteiger charge is 2.33. The van der Waals surface area contributed by atoms with Crippen molar-refractivity contribution in [2.75, 3.05) is 11.5 Å². The van der Waals surface area contributed by atoms with Gasteiger partial charge in [-0.15, -0.1) is 0 Å². The molecule has 0 spiro atoms. The number of hydrogen-bond acceptors (Lipinski definition) is 4. The van der Waals surface area contributed by atoms with E-state index in [0.717, 1.165) is 5.56 Å². The first-order chi connectivity index (χ1) is 13.5. The van der Waals surface area contributed by atoms with Gasteiger partial charge in [-0.05, 0) is 63.4 Å². The van der Waals surface area contributed by atoms with Crippen molar-refractivity contribution in [1.29, 1.82) is 0 Å². The zero-order valence-corrected chi connectivity index (χ0v) is 16.8. The number of carbonyl (C=O) groups is 2. The molecule has 7 nitrogen and oxygen atoms in total. The number of aromatic nitrogens is 1. The Kier molecular flexibility index (Phi) is 5.46. The number of hydrogen-bond donors (Lipinski definition) is 2. The first-order valence-electron chi connectivity index (χ1n) is 9.31. The van der Waals surface area contributed by atoms with Crippen LogP contribution in [0.2, 0.25) is 0 Å². The molecule has 1 aromatic carbocycles. The molecule has 1 aromatic heterocycles. The van der Waals surface area contributed by atoms with Gasteiger partial charge in [0.05, 0.1) is 6.04 Å². The maximum atomic E-state index is 13.3. The lowest BCUT2D eigenvalue weighted by Gasteiger charge is -2.33. The number of amides is 2. The monoisotopic (exact) mass is 401 g/mol. The molecule has 0 bridgehead atoms. The van der Waals surface area contributed by atoms with Gasteiger partial charge < -0.3 is 15.2 Å². The standard InChI is InChI=1S/C21H24FN3O4/c1-12-11-29-19-16(25(12)20(27)28)10-14(9-13-5-7-15(22)8-6-13)17(23-19)18(26)24-21(2,3)4/h5-8,10,12H,9,11H2,1-4H3,(H,24,26)(H,27,28). The summed E-state index contributed by atoms with van der Waals surface area (Å²) >= 11 is 0. The van der Waals surface area contributed by atoms with Crippen LogP contribution in [0, 0.1) is 5.82 Å². The number of pyridine rings is 1. The van der Waals surface area contributed by atoms with Gasteiger partial charge in [0.1, 0.15) is 23.8 Å². The number of halogens is 1. The van der Waals surface area contributed by atoms with Crippen molar-refractivity contribution in [2.24, 2.45) is 0 Å². The Labute approximate surface area is 168 Å². The predicted octanol–water partition coefficient (Wildman–Crippen LogP) is 3.61. The van der Waals surface area contributed by atoms with Gasteiger partial charge in [-0.25, -0.2) is 14.2 Å². The lowest BCUT2D eigenvalue weighted by molar-refractivity contribution is 0.0912. The lowest BCUT2D eigenvalue weighted by Crippen LogP contribution is -2.45. The Morgan fingerprint density at radius 2 is 1.97 bits per heavy atom. The number of anilines is 1. The van der Waals surface area contributed by atoms with Crippen molar-refractivity contribution in [2.45, 2.75) is 45.7 Å². The predicted molar refractivity (Wildman–Crippen MR) is 106 cm³/mol. The highest BCUT2D eigenvalue weighted by Crippen LogP contribution is 2.35. The van der Waals surface area contributed by atoms with Gasteiger partial charge in [0.2, 0.25) is 5.88 Å². The molecule has 2 amide bonds. The maximum absolute atomic E-state index is 13.3. The van der Waals surface area contributed by atoms with Gasteiger partial charge in [-0.3, -0.25) is 9.69 Å². The van der Waals surface area contributed by atoms with E-state index in [2.05, 4.69) is 10.3 Å². The topological polar surface area (TPSA) is 91.8 Å². The Morgan fingerprint density at radius 3 is 2.55 bits per heavy atom. The quantitative estimate of drug-likeness (QED) is 0.820. The summed E-state index contributed by atoms with van der Waals surface area (Å²) in [5.74, 6) is -0.642. The molecule has 1 atom stereocenters. The van der Waals surface area contributed by atoms with Gasteiger partial charge in [0.15, 0.2) is 0 Å². The van der Waals surface area contributed by atoms with Crippen LogP contribution in [0.3, 0.4) is 0 Å². The number of rotatable bonds is 3. The molecule has 1 aliphatic rings. The number of benzene rings is 1. The molecule has 0 fully saturated rings. The second-order valence-corrected chi connectivity index (χ2v) is 8.14. The van der Waals surface area contributed by atoms with E-state index in [0.29, 0.717) is 11.3 Å². The van der Waals surface area contributed by atoms with E-state index in [4.69, 9.17) is 4.74 Å².